The molecule has 8 heteroatoms. The quantitative estimate of drug-likeness (QED) is 0.428. The van der Waals surface area contributed by atoms with Crippen molar-refractivity contribution < 1.29 is 24.2 Å². The second-order valence-electron chi connectivity index (χ2n) is 11.1. The van der Waals surface area contributed by atoms with Crippen LogP contribution >= 0.6 is 0 Å². The van der Waals surface area contributed by atoms with Crippen molar-refractivity contribution in [3.8, 4) is 0 Å². The van der Waals surface area contributed by atoms with Crippen LogP contribution in [0.4, 0.5) is 10.5 Å². The molecule has 2 aromatic carbocycles. The molecule has 0 spiro atoms. The van der Waals surface area contributed by atoms with Crippen molar-refractivity contribution in [2.24, 2.45) is 5.92 Å². The van der Waals surface area contributed by atoms with Crippen molar-refractivity contribution in [2.75, 3.05) is 18.5 Å². The maximum absolute atomic E-state index is 14.0. The molecule has 0 aliphatic heterocycles. The topological polar surface area (TPSA) is 108 Å². The molecule has 0 bridgehead atoms. The minimum absolute atomic E-state index is 0.101. The maximum Gasteiger partial charge on any atom is 0.408 e. The van der Waals surface area contributed by atoms with Gasteiger partial charge in [0.05, 0.1) is 6.61 Å². The van der Waals surface area contributed by atoms with Gasteiger partial charge in [0, 0.05) is 12.2 Å². The SMILES string of the molecule is Cc1cccc(C(C(=O)Nc2c(C)cccc2C)N(CCO)C(=O)C(NC(=O)OC(C)(C)C)C(C)C)c1C. The number of hydrogen-bond acceptors (Lipinski definition) is 5. The van der Waals surface area contributed by atoms with Gasteiger partial charge < -0.3 is 25.4 Å². The number of anilines is 1. The van der Waals surface area contributed by atoms with Gasteiger partial charge in [0.25, 0.3) is 5.91 Å². The fourth-order valence-corrected chi connectivity index (χ4v) is 4.32. The smallest absolute Gasteiger partial charge is 0.408 e. The summed E-state index contributed by atoms with van der Waals surface area (Å²) in [6.45, 7) is 16.0. The van der Waals surface area contributed by atoms with Crippen molar-refractivity contribution in [3.05, 3.63) is 64.2 Å². The van der Waals surface area contributed by atoms with Crippen LogP contribution in [0.5, 0.6) is 0 Å². The molecule has 0 saturated heterocycles. The number of amides is 3. The van der Waals surface area contributed by atoms with Gasteiger partial charge in [0.15, 0.2) is 0 Å². The van der Waals surface area contributed by atoms with Gasteiger partial charge in [-0.15, -0.1) is 0 Å². The molecule has 2 aromatic rings. The zero-order valence-corrected chi connectivity index (χ0v) is 24.1. The number of ether oxygens (including phenoxy) is 1. The van der Waals surface area contributed by atoms with Crippen LogP contribution in [0.1, 0.15) is 68.5 Å². The number of nitrogens with zero attached hydrogens (tertiary/aromatic N) is 1. The van der Waals surface area contributed by atoms with E-state index in [1.165, 1.54) is 4.90 Å². The zero-order valence-electron chi connectivity index (χ0n) is 24.1. The molecule has 3 N–H and O–H groups in total. The Bertz CT molecular complexity index is 1130. The molecule has 2 atom stereocenters. The number of rotatable bonds is 9. The number of nitrogens with one attached hydrogen (secondary N) is 2. The van der Waals surface area contributed by atoms with Gasteiger partial charge in [0.1, 0.15) is 17.7 Å². The van der Waals surface area contributed by atoms with Crippen LogP contribution in [-0.2, 0) is 14.3 Å². The predicted molar refractivity (Wildman–Crippen MR) is 150 cm³/mol. The lowest BCUT2D eigenvalue weighted by atomic mass is 9.93. The number of alkyl carbamates (subject to hydrolysis) is 1. The van der Waals surface area contributed by atoms with Crippen LogP contribution < -0.4 is 10.6 Å². The van der Waals surface area contributed by atoms with Crippen LogP contribution in [-0.4, -0.2) is 52.7 Å². The molecule has 3 amide bonds. The van der Waals surface area contributed by atoms with E-state index in [0.717, 1.165) is 22.3 Å². The Labute approximate surface area is 226 Å². The third-order valence-corrected chi connectivity index (χ3v) is 6.46. The average molecular weight is 526 g/mol. The Kier molecular flexibility index (Phi) is 10.5. The van der Waals surface area contributed by atoms with E-state index < -0.39 is 35.6 Å². The first kappa shape index (κ1) is 30.8. The molecule has 0 aliphatic rings. The summed E-state index contributed by atoms with van der Waals surface area (Å²) in [6, 6.07) is 9.32. The van der Waals surface area contributed by atoms with Crippen molar-refractivity contribution >= 4 is 23.6 Å². The minimum atomic E-state index is -1.05. The average Bonchev–Trinajstić information content (AvgIpc) is 2.80. The molecule has 0 aliphatic carbocycles. The third kappa shape index (κ3) is 7.81. The molecule has 0 aromatic heterocycles. The highest BCUT2D eigenvalue weighted by Gasteiger charge is 2.38. The fourth-order valence-electron chi connectivity index (χ4n) is 4.32. The van der Waals surface area contributed by atoms with Gasteiger partial charge >= 0.3 is 6.09 Å². The molecule has 208 valence electrons. The van der Waals surface area contributed by atoms with E-state index in [9.17, 15) is 19.5 Å². The van der Waals surface area contributed by atoms with E-state index in [0.29, 0.717) is 11.3 Å². The van der Waals surface area contributed by atoms with Crippen LogP contribution in [0.3, 0.4) is 0 Å². The standard InChI is InChI=1S/C30H43N3O5/c1-18(2)24(32-29(37)38-30(7,8)9)28(36)33(16-17-34)26(23-15-11-12-19(3)22(23)6)27(35)31-25-20(4)13-10-14-21(25)5/h10-15,18,24,26,34H,16-17H2,1-9H3,(H,31,35)(H,32,37). The first-order chi connectivity index (χ1) is 17.7. The second-order valence-corrected chi connectivity index (χ2v) is 11.1. The van der Waals surface area contributed by atoms with Gasteiger partial charge in [-0.2, -0.15) is 0 Å². The summed E-state index contributed by atoms with van der Waals surface area (Å²) in [5.74, 6) is -1.20. The molecule has 0 heterocycles. The Morgan fingerprint density at radius 3 is 2.03 bits per heavy atom. The number of aliphatic hydroxyl groups excluding tert-OH is 1. The summed E-state index contributed by atoms with van der Waals surface area (Å²) in [7, 11) is 0. The van der Waals surface area contributed by atoms with Crippen molar-refractivity contribution in [3.63, 3.8) is 0 Å². The number of aliphatic hydroxyl groups is 1. The molecule has 0 radical (unpaired) electrons. The van der Waals surface area contributed by atoms with Crippen LogP contribution in [0.15, 0.2) is 36.4 Å². The normalized spacial score (nSPS) is 13.0. The molecule has 2 rings (SSSR count). The number of benzene rings is 2. The summed E-state index contributed by atoms with van der Waals surface area (Å²) in [6.07, 6.45) is -0.725. The summed E-state index contributed by atoms with van der Waals surface area (Å²) >= 11 is 0. The second kappa shape index (κ2) is 12.9. The Hall–Kier alpha value is -3.39. The molecule has 0 fully saturated rings. The van der Waals surface area contributed by atoms with Gasteiger partial charge in [-0.05, 0) is 82.2 Å². The molecular weight excluding hydrogens is 482 g/mol. The Morgan fingerprint density at radius 1 is 0.947 bits per heavy atom. The van der Waals surface area contributed by atoms with E-state index in [2.05, 4.69) is 10.6 Å². The van der Waals surface area contributed by atoms with E-state index >= 15 is 0 Å². The van der Waals surface area contributed by atoms with Crippen LogP contribution in [0.2, 0.25) is 0 Å². The number of hydrogen-bond donors (Lipinski definition) is 3. The van der Waals surface area contributed by atoms with Gasteiger partial charge in [0.2, 0.25) is 5.91 Å². The van der Waals surface area contributed by atoms with E-state index in [1.807, 2.05) is 64.1 Å². The highest BCUT2D eigenvalue weighted by molar-refractivity contribution is 6.00. The maximum atomic E-state index is 14.0. The molecule has 8 nitrogen and oxygen atoms in total. The van der Waals surface area contributed by atoms with E-state index in [-0.39, 0.29) is 19.1 Å². The van der Waals surface area contributed by atoms with E-state index in [1.54, 1.807) is 34.6 Å². The summed E-state index contributed by atoms with van der Waals surface area (Å²) < 4.78 is 5.39. The summed E-state index contributed by atoms with van der Waals surface area (Å²) in [5.41, 5.74) is 4.20. The van der Waals surface area contributed by atoms with Crippen LogP contribution in [0.25, 0.3) is 0 Å². The van der Waals surface area contributed by atoms with Gasteiger partial charge in [-0.1, -0.05) is 50.2 Å². The number of carbonyl (C=O) groups excluding carboxylic acids is 3. The number of carbonyl (C=O) groups is 3. The zero-order chi connectivity index (χ0) is 28.8. The Balaban J connectivity index is 2.59. The van der Waals surface area contributed by atoms with Gasteiger partial charge in [-0.3, -0.25) is 9.59 Å². The number of aryl methyl sites for hydroxylation is 3. The van der Waals surface area contributed by atoms with Crippen molar-refractivity contribution in [1.29, 1.82) is 0 Å². The minimum Gasteiger partial charge on any atom is -0.444 e. The van der Waals surface area contributed by atoms with Crippen LogP contribution in [0, 0.1) is 33.6 Å². The summed E-state index contributed by atoms with van der Waals surface area (Å²) in [4.78, 5) is 42.0. The predicted octanol–water partition coefficient (Wildman–Crippen LogP) is 4.97. The molecule has 0 saturated carbocycles. The number of para-hydroxylation sites is 1. The molecule has 38 heavy (non-hydrogen) atoms. The lowest BCUT2D eigenvalue weighted by Gasteiger charge is -2.36. The molecule has 2 unspecified atom stereocenters. The monoisotopic (exact) mass is 525 g/mol. The fraction of sp³-hybridized carbons (Fsp3) is 0.500. The third-order valence-electron chi connectivity index (χ3n) is 6.46. The molecular formula is C30H43N3O5. The summed E-state index contributed by atoms with van der Waals surface area (Å²) in [5, 5.41) is 15.7. The van der Waals surface area contributed by atoms with Crippen molar-refractivity contribution in [1.82, 2.24) is 10.2 Å². The Morgan fingerprint density at radius 2 is 1.50 bits per heavy atom. The lowest BCUT2D eigenvalue weighted by Crippen LogP contribution is -2.55. The first-order valence-electron chi connectivity index (χ1n) is 13.0. The lowest BCUT2D eigenvalue weighted by molar-refractivity contribution is -0.142. The van der Waals surface area contributed by atoms with Gasteiger partial charge in [-0.25, -0.2) is 4.79 Å². The largest absolute Gasteiger partial charge is 0.444 e. The highest BCUT2D eigenvalue weighted by atomic mass is 16.6. The highest BCUT2D eigenvalue weighted by Crippen LogP contribution is 2.30. The van der Waals surface area contributed by atoms with E-state index in [4.69, 9.17) is 4.74 Å². The first-order valence-corrected chi connectivity index (χ1v) is 13.0. The van der Waals surface area contributed by atoms with Crippen molar-refractivity contribution in [2.45, 2.75) is 80.0 Å².